The van der Waals surface area contributed by atoms with Gasteiger partial charge in [0.15, 0.2) is 5.79 Å². The fraction of sp³-hybridized carbons (Fsp3) is 0.500. The molecule has 0 bridgehead atoms. The molecular weight excluding hydrogens is 288 g/mol. The highest BCUT2D eigenvalue weighted by Gasteiger charge is 2.41. The van der Waals surface area contributed by atoms with E-state index in [4.69, 9.17) is 9.47 Å². The zero-order valence-corrected chi connectivity index (χ0v) is 12.0. The first-order chi connectivity index (χ1) is 10.7. The molecule has 0 N–H and O–H groups in total. The van der Waals surface area contributed by atoms with Gasteiger partial charge >= 0.3 is 5.82 Å². The Hall–Kier alpha value is -2.19. The lowest BCUT2D eigenvalue weighted by molar-refractivity contribution is -0.389. The predicted octanol–water partition coefficient (Wildman–Crippen LogP) is 1.59. The second-order valence-corrected chi connectivity index (χ2v) is 5.54. The van der Waals surface area contributed by atoms with Gasteiger partial charge in [-0.05, 0) is 11.0 Å². The maximum Gasteiger partial charge on any atom is 0.372 e. The van der Waals surface area contributed by atoms with Crippen LogP contribution in [0.15, 0.2) is 24.4 Å². The van der Waals surface area contributed by atoms with Crippen molar-refractivity contribution in [3.63, 3.8) is 0 Å². The third kappa shape index (κ3) is 2.03. The number of pyridine rings is 1. The Morgan fingerprint density at radius 2 is 1.95 bits per heavy atom. The summed E-state index contributed by atoms with van der Waals surface area (Å²) in [4.78, 5) is 17.5. The minimum absolute atomic E-state index is 0.0137. The maximum absolute atomic E-state index is 11.5. The normalized spacial score (nSPS) is 20.8. The second-order valence-electron chi connectivity index (χ2n) is 5.54. The Morgan fingerprint density at radius 3 is 2.64 bits per heavy atom. The summed E-state index contributed by atoms with van der Waals surface area (Å²) in [6, 6.07) is 5.35. The third-order valence-corrected chi connectivity index (χ3v) is 4.30. The van der Waals surface area contributed by atoms with Crippen molar-refractivity contribution in [3.8, 4) is 0 Å². The van der Waals surface area contributed by atoms with Crippen LogP contribution in [-0.2, 0) is 9.47 Å². The summed E-state index contributed by atoms with van der Waals surface area (Å²) in [5, 5.41) is 11.5. The highest BCUT2D eigenvalue weighted by atomic mass is 16.7. The standard InChI is InChI=1S/C14H16N4O4/c19-18(20)13-12(15-11-3-1-2-6-17(11)13)16-7-4-14(5-8-16)21-9-10-22-14/h1-3,6H,4-5,7-10H2. The molecule has 0 aromatic carbocycles. The first kappa shape index (κ1) is 13.5. The van der Waals surface area contributed by atoms with Crippen LogP contribution < -0.4 is 4.90 Å². The molecule has 4 heterocycles. The number of piperidine rings is 1. The molecule has 2 saturated heterocycles. The highest BCUT2D eigenvalue weighted by molar-refractivity contribution is 5.63. The molecule has 0 radical (unpaired) electrons. The first-order valence-corrected chi connectivity index (χ1v) is 7.33. The van der Waals surface area contributed by atoms with E-state index in [9.17, 15) is 10.1 Å². The second kappa shape index (κ2) is 4.92. The molecule has 8 nitrogen and oxygen atoms in total. The van der Waals surface area contributed by atoms with Gasteiger partial charge in [-0.2, -0.15) is 9.38 Å². The monoisotopic (exact) mass is 304 g/mol. The average molecular weight is 304 g/mol. The summed E-state index contributed by atoms with van der Waals surface area (Å²) in [5.41, 5.74) is 0.581. The predicted molar refractivity (Wildman–Crippen MR) is 77.9 cm³/mol. The number of ether oxygens (including phenoxy) is 2. The minimum Gasteiger partial charge on any atom is -0.358 e. The molecule has 22 heavy (non-hydrogen) atoms. The summed E-state index contributed by atoms with van der Waals surface area (Å²) in [6.07, 6.45) is 3.05. The van der Waals surface area contributed by atoms with Crippen LogP contribution in [0, 0.1) is 10.1 Å². The number of hydrogen-bond donors (Lipinski definition) is 0. The largest absolute Gasteiger partial charge is 0.372 e. The molecule has 2 aliphatic heterocycles. The van der Waals surface area contributed by atoms with Crippen LogP contribution in [0.3, 0.4) is 0 Å². The van der Waals surface area contributed by atoms with Crippen molar-refractivity contribution in [2.45, 2.75) is 18.6 Å². The number of fused-ring (bicyclic) bond motifs is 1. The Morgan fingerprint density at radius 1 is 1.23 bits per heavy atom. The minimum atomic E-state index is -0.496. The van der Waals surface area contributed by atoms with E-state index in [0.29, 0.717) is 50.6 Å². The maximum atomic E-state index is 11.5. The molecule has 1 spiro atoms. The molecule has 116 valence electrons. The lowest BCUT2D eigenvalue weighted by Gasteiger charge is -2.37. The molecule has 0 atom stereocenters. The number of aromatic nitrogens is 2. The summed E-state index contributed by atoms with van der Waals surface area (Å²) in [7, 11) is 0. The van der Waals surface area contributed by atoms with E-state index in [0.717, 1.165) is 0 Å². The molecule has 4 rings (SSSR count). The molecule has 0 amide bonds. The van der Waals surface area contributed by atoms with Gasteiger partial charge in [-0.25, -0.2) is 0 Å². The molecule has 2 aromatic heterocycles. The van der Waals surface area contributed by atoms with Gasteiger partial charge in [-0.15, -0.1) is 0 Å². The van der Waals surface area contributed by atoms with E-state index in [1.54, 1.807) is 18.3 Å². The van der Waals surface area contributed by atoms with E-state index in [2.05, 4.69) is 4.98 Å². The van der Waals surface area contributed by atoms with E-state index < -0.39 is 5.79 Å². The SMILES string of the molecule is O=[N+]([O-])c1c(N2CCC3(CC2)OCCO3)nc2ccccn12. The molecule has 0 saturated carbocycles. The molecule has 2 fully saturated rings. The Bertz CT molecular complexity index is 713. The average Bonchev–Trinajstić information content (AvgIpc) is 3.12. The molecule has 2 aliphatic rings. The number of imidazole rings is 1. The smallest absolute Gasteiger partial charge is 0.358 e. The molecule has 0 unspecified atom stereocenters. The van der Waals surface area contributed by atoms with E-state index >= 15 is 0 Å². The zero-order valence-electron chi connectivity index (χ0n) is 12.0. The quantitative estimate of drug-likeness (QED) is 0.619. The van der Waals surface area contributed by atoms with Gasteiger partial charge in [-0.3, -0.25) is 0 Å². The summed E-state index contributed by atoms with van der Waals surface area (Å²) in [6.45, 7) is 2.50. The van der Waals surface area contributed by atoms with Crippen LogP contribution in [0.5, 0.6) is 0 Å². The number of hydrogen-bond acceptors (Lipinski definition) is 6. The fourth-order valence-corrected chi connectivity index (χ4v) is 3.20. The van der Waals surface area contributed by atoms with Gasteiger partial charge in [0.2, 0.25) is 11.5 Å². The van der Waals surface area contributed by atoms with Crippen molar-refractivity contribution >= 4 is 17.3 Å². The van der Waals surface area contributed by atoms with Crippen molar-refractivity contribution in [2.24, 2.45) is 0 Å². The lowest BCUT2D eigenvalue weighted by Crippen LogP contribution is -2.45. The van der Waals surface area contributed by atoms with Crippen LogP contribution in [0.25, 0.3) is 5.65 Å². The Labute approximate surface area is 126 Å². The number of nitrogens with zero attached hydrogens (tertiary/aromatic N) is 4. The van der Waals surface area contributed by atoms with Crippen LogP contribution in [0.4, 0.5) is 11.6 Å². The van der Waals surface area contributed by atoms with Gasteiger partial charge in [0, 0.05) is 32.0 Å². The zero-order chi connectivity index (χ0) is 15.2. The van der Waals surface area contributed by atoms with Crippen LogP contribution in [-0.4, -0.2) is 46.4 Å². The topological polar surface area (TPSA) is 82.1 Å². The summed E-state index contributed by atoms with van der Waals surface area (Å²) in [5.74, 6) is -0.0615. The Kier molecular flexibility index (Phi) is 3.02. The third-order valence-electron chi connectivity index (χ3n) is 4.30. The first-order valence-electron chi connectivity index (χ1n) is 7.33. The number of nitro groups is 1. The van der Waals surface area contributed by atoms with Gasteiger partial charge in [0.05, 0.1) is 19.4 Å². The van der Waals surface area contributed by atoms with Crippen molar-refractivity contribution in [1.82, 2.24) is 9.38 Å². The molecular formula is C14H16N4O4. The Balaban J connectivity index is 1.67. The van der Waals surface area contributed by atoms with Crippen molar-refractivity contribution in [2.75, 3.05) is 31.2 Å². The van der Waals surface area contributed by atoms with E-state index in [-0.39, 0.29) is 10.7 Å². The summed E-state index contributed by atoms with van der Waals surface area (Å²) >= 11 is 0. The van der Waals surface area contributed by atoms with Crippen LogP contribution >= 0.6 is 0 Å². The van der Waals surface area contributed by atoms with Gasteiger partial charge in [0.1, 0.15) is 0 Å². The number of rotatable bonds is 2. The molecule has 2 aromatic rings. The summed E-state index contributed by atoms with van der Waals surface area (Å²) < 4.78 is 12.9. The van der Waals surface area contributed by atoms with Gasteiger partial charge in [-0.1, -0.05) is 6.07 Å². The lowest BCUT2D eigenvalue weighted by atomic mass is 10.0. The fourth-order valence-electron chi connectivity index (χ4n) is 3.20. The number of anilines is 1. The van der Waals surface area contributed by atoms with Crippen molar-refractivity contribution < 1.29 is 14.4 Å². The van der Waals surface area contributed by atoms with Crippen LogP contribution in [0.2, 0.25) is 0 Å². The van der Waals surface area contributed by atoms with E-state index in [1.165, 1.54) is 4.40 Å². The highest BCUT2D eigenvalue weighted by Crippen LogP contribution is 2.36. The molecule has 0 aliphatic carbocycles. The van der Waals surface area contributed by atoms with Crippen LogP contribution in [0.1, 0.15) is 12.8 Å². The van der Waals surface area contributed by atoms with Gasteiger partial charge < -0.3 is 24.5 Å². The molecule has 8 heteroatoms. The van der Waals surface area contributed by atoms with Crippen molar-refractivity contribution in [3.05, 3.63) is 34.5 Å². The van der Waals surface area contributed by atoms with E-state index in [1.807, 2.05) is 11.0 Å². The van der Waals surface area contributed by atoms with Gasteiger partial charge in [0.25, 0.3) is 0 Å². The van der Waals surface area contributed by atoms with Crippen molar-refractivity contribution in [1.29, 1.82) is 0 Å².